The maximum Gasteiger partial charge on any atom is 0.138 e. The molecule has 0 bridgehead atoms. The van der Waals surface area contributed by atoms with Crippen LogP contribution in [0.4, 0.5) is 0 Å². The molecule has 0 N–H and O–H groups in total. The van der Waals surface area contributed by atoms with E-state index in [1.54, 1.807) is 17.5 Å². The molecular weight excluding hydrogens is 785 g/mol. The summed E-state index contributed by atoms with van der Waals surface area (Å²) in [6.07, 6.45) is 3.71. The van der Waals surface area contributed by atoms with Crippen molar-refractivity contribution < 1.29 is 25.9 Å². The Balaban J connectivity index is 0.000000270. The first-order valence-electron chi connectivity index (χ1n) is 16.3. The van der Waals surface area contributed by atoms with E-state index in [0.29, 0.717) is 0 Å². The van der Waals surface area contributed by atoms with Crippen LogP contribution in [-0.2, 0) is 20.1 Å². The van der Waals surface area contributed by atoms with E-state index in [2.05, 4.69) is 87.3 Å². The van der Waals surface area contributed by atoms with Gasteiger partial charge in [-0.15, -0.1) is 65.4 Å². The SMILES string of the molecule is [2H]C(C)(C)c1cc(-c2[c-]ccc3c2oc2c3ccc3c(C)c(C)sc32)ncc1-c1c(C)cccc1C.[Ir].[c-]1ccccc1-c1ccccn1. The summed E-state index contributed by atoms with van der Waals surface area (Å²) in [7, 11) is 0. The number of hydrogen-bond acceptors (Lipinski definition) is 4. The number of aryl methyl sites for hydroxylation is 4. The Morgan fingerprint density at radius 2 is 1.50 bits per heavy atom. The molecule has 8 aromatic rings. The van der Waals surface area contributed by atoms with Gasteiger partial charge in [0.25, 0.3) is 0 Å². The van der Waals surface area contributed by atoms with Crippen LogP contribution in [0.15, 0.2) is 108 Å². The van der Waals surface area contributed by atoms with Gasteiger partial charge in [0.05, 0.1) is 10.3 Å². The van der Waals surface area contributed by atoms with E-state index in [-0.39, 0.29) is 20.1 Å². The van der Waals surface area contributed by atoms with Crippen LogP contribution >= 0.6 is 11.3 Å². The summed E-state index contributed by atoms with van der Waals surface area (Å²) in [6.45, 7) is 12.5. The molecule has 0 fully saturated rings. The second kappa shape index (κ2) is 14.0. The van der Waals surface area contributed by atoms with Gasteiger partial charge in [-0.2, -0.15) is 0 Å². The van der Waals surface area contributed by atoms with Crippen LogP contribution in [0.5, 0.6) is 0 Å². The standard InChI is InChI=1S/C32H28NOS.C11H8N.Ir/c1-17(2)26-15-28(33-16-27(26)29-18(3)9-7-10-19(29)4)25-12-8-11-23-24-14-13-22-20(5)21(6)35-32(22)31(24)34-30(23)25;1-2-6-10(7-3-1)11-8-4-5-9-12-11;/h7-11,13-17H,1-6H3;1-6,8-9H;/q2*-1;/i17D;;. The summed E-state index contributed by atoms with van der Waals surface area (Å²) < 4.78 is 16.7. The third-order valence-corrected chi connectivity index (χ3v) is 10.1. The summed E-state index contributed by atoms with van der Waals surface area (Å²) >= 11 is 1.79. The Bertz CT molecular complexity index is 2370. The van der Waals surface area contributed by atoms with E-state index in [4.69, 9.17) is 10.8 Å². The molecule has 4 heterocycles. The molecule has 0 amide bonds. The van der Waals surface area contributed by atoms with Gasteiger partial charge in [-0.25, -0.2) is 0 Å². The van der Waals surface area contributed by atoms with Gasteiger partial charge in [0, 0.05) is 49.7 Å². The number of rotatable bonds is 4. The van der Waals surface area contributed by atoms with E-state index < -0.39 is 5.89 Å². The van der Waals surface area contributed by atoms with Crippen molar-refractivity contribution in [1.82, 2.24) is 9.97 Å². The third-order valence-electron chi connectivity index (χ3n) is 8.84. The fraction of sp³-hybridized carbons (Fsp3) is 0.163. The summed E-state index contributed by atoms with van der Waals surface area (Å²) in [5.41, 5.74) is 12.1. The largest absolute Gasteiger partial charge is 0.499 e. The van der Waals surface area contributed by atoms with E-state index in [0.717, 1.165) is 61.1 Å². The van der Waals surface area contributed by atoms with Crippen molar-refractivity contribution >= 4 is 43.4 Å². The van der Waals surface area contributed by atoms with Gasteiger partial charge < -0.3 is 14.4 Å². The van der Waals surface area contributed by atoms with E-state index in [1.165, 1.54) is 31.7 Å². The Kier molecular flexibility index (Phi) is 9.36. The fourth-order valence-electron chi connectivity index (χ4n) is 6.31. The number of aromatic nitrogens is 2. The van der Waals surface area contributed by atoms with Crippen molar-refractivity contribution in [3.8, 4) is 33.6 Å². The first-order valence-corrected chi connectivity index (χ1v) is 16.6. The minimum atomic E-state index is -0.804. The molecule has 4 aromatic heterocycles. The molecule has 0 aliphatic heterocycles. The zero-order chi connectivity index (χ0) is 33.6. The number of furan rings is 1. The molecule has 0 saturated heterocycles. The first kappa shape index (κ1) is 32.2. The fourth-order valence-corrected chi connectivity index (χ4v) is 7.45. The van der Waals surface area contributed by atoms with Gasteiger partial charge in [-0.05, 0) is 84.2 Å². The topological polar surface area (TPSA) is 38.9 Å². The van der Waals surface area contributed by atoms with Crippen molar-refractivity contribution in [2.24, 2.45) is 0 Å². The Labute approximate surface area is 301 Å². The second-order valence-corrected chi connectivity index (χ2v) is 13.4. The van der Waals surface area contributed by atoms with Crippen molar-refractivity contribution in [3.63, 3.8) is 0 Å². The van der Waals surface area contributed by atoms with Crippen LogP contribution in [0.3, 0.4) is 0 Å². The Hall–Kier alpha value is -4.41. The van der Waals surface area contributed by atoms with Crippen LogP contribution in [0.1, 0.15) is 48.2 Å². The molecule has 0 aliphatic rings. The predicted octanol–water partition coefficient (Wildman–Crippen LogP) is 12.2. The summed E-state index contributed by atoms with van der Waals surface area (Å²) in [5, 5.41) is 3.43. The minimum absolute atomic E-state index is 0. The Morgan fingerprint density at radius 1 is 0.750 bits per heavy atom. The van der Waals surface area contributed by atoms with Gasteiger partial charge in [0.15, 0.2) is 0 Å². The smallest absolute Gasteiger partial charge is 0.138 e. The molecule has 4 aromatic carbocycles. The predicted molar refractivity (Wildman–Crippen MR) is 198 cm³/mol. The Morgan fingerprint density at radius 3 is 2.21 bits per heavy atom. The first-order chi connectivity index (χ1) is 23.1. The summed E-state index contributed by atoms with van der Waals surface area (Å²) in [6, 6.07) is 37.0. The molecule has 0 atom stereocenters. The number of nitrogens with zero attached hydrogens (tertiary/aromatic N) is 2. The van der Waals surface area contributed by atoms with Crippen LogP contribution in [-0.4, -0.2) is 9.97 Å². The number of thiophene rings is 1. The maximum absolute atomic E-state index is 8.97. The summed E-state index contributed by atoms with van der Waals surface area (Å²) in [5.74, 6) is -0.804. The van der Waals surface area contributed by atoms with E-state index in [1.807, 2.05) is 68.6 Å². The third kappa shape index (κ3) is 6.15. The maximum atomic E-state index is 8.97. The zero-order valence-corrected chi connectivity index (χ0v) is 31.1. The van der Waals surface area contributed by atoms with Crippen LogP contribution in [0.25, 0.3) is 65.7 Å². The quantitative estimate of drug-likeness (QED) is 0.166. The van der Waals surface area contributed by atoms with Gasteiger partial charge in [0.1, 0.15) is 5.58 Å². The number of benzene rings is 4. The van der Waals surface area contributed by atoms with Crippen molar-refractivity contribution in [2.75, 3.05) is 0 Å². The zero-order valence-electron chi connectivity index (χ0n) is 28.9. The van der Waals surface area contributed by atoms with Crippen molar-refractivity contribution in [2.45, 2.75) is 47.4 Å². The van der Waals surface area contributed by atoms with E-state index >= 15 is 0 Å². The summed E-state index contributed by atoms with van der Waals surface area (Å²) in [4.78, 5) is 10.4. The molecule has 1 radical (unpaired) electrons. The van der Waals surface area contributed by atoms with Gasteiger partial charge in [-0.1, -0.05) is 73.3 Å². The van der Waals surface area contributed by atoms with Crippen molar-refractivity contribution in [3.05, 3.63) is 143 Å². The van der Waals surface area contributed by atoms with Gasteiger partial charge in [0.2, 0.25) is 0 Å². The molecule has 0 aliphatic carbocycles. The second-order valence-electron chi connectivity index (χ2n) is 12.2. The average Bonchev–Trinajstić information content (AvgIpc) is 3.62. The molecule has 48 heavy (non-hydrogen) atoms. The van der Waals surface area contributed by atoms with Gasteiger partial charge >= 0.3 is 0 Å². The average molecular weight is 822 g/mol. The molecule has 8 rings (SSSR count). The molecule has 3 nitrogen and oxygen atoms in total. The molecular formula is C43H36IrN2OS-2. The van der Waals surface area contributed by atoms with Crippen molar-refractivity contribution in [1.29, 1.82) is 0 Å². The number of pyridine rings is 2. The van der Waals surface area contributed by atoms with Gasteiger partial charge in [-0.3, -0.25) is 0 Å². The van der Waals surface area contributed by atoms with Crippen LogP contribution in [0.2, 0.25) is 0 Å². The molecule has 0 unspecified atom stereocenters. The molecule has 241 valence electrons. The minimum Gasteiger partial charge on any atom is -0.499 e. The normalized spacial score (nSPS) is 11.7. The molecule has 0 spiro atoms. The van der Waals surface area contributed by atoms with Crippen LogP contribution < -0.4 is 0 Å². The molecule has 0 saturated carbocycles. The number of hydrogen-bond donors (Lipinski definition) is 0. The van der Waals surface area contributed by atoms with E-state index in [9.17, 15) is 0 Å². The monoisotopic (exact) mass is 822 g/mol. The number of fused-ring (bicyclic) bond motifs is 5. The van der Waals surface area contributed by atoms with Crippen LogP contribution in [0, 0.1) is 39.8 Å². The molecule has 5 heteroatoms.